The molecule has 8 unspecified atom stereocenters. The summed E-state index contributed by atoms with van der Waals surface area (Å²) in [7, 11) is 0. The zero-order valence-electron chi connectivity index (χ0n) is 20.1. The van der Waals surface area contributed by atoms with E-state index in [4.69, 9.17) is 0 Å². The fraction of sp³-hybridized carbons (Fsp3) is 0.917. The normalized spacial score (nSPS) is 34.1. The van der Waals surface area contributed by atoms with Gasteiger partial charge in [-0.3, -0.25) is 9.59 Å². The number of alkyl halides is 8. The smallest absolute Gasteiger partial charge is 0.348 e. The second-order valence-corrected chi connectivity index (χ2v) is 11.5. The van der Waals surface area contributed by atoms with Crippen LogP contribution >= 0.6 is 0 Å². The van der Waals surface area contributed by atoms with E-state index in [0.29, 0.717) is 24.7 Å². The third-order valence-electron chi connectivity index (χ3n) is 9.34. The van der Waals surface area contributed by atoms with E-state index in [-0.39, 0.29) is 23.7 Å². The van der Waals surface area contributed by atoms with Gasteiger partial charge in [0.1, 0.15) is 0 Å². The van der Waals surface area contributed by atoms with Gasteiger partial charge in [-0.1, -0.05) is 12.8 Å². The lowest BCUT2D eigenvalue weighted by Gasteiger charge is -2.37. The van der Waals surface area contributed by atoms with Crippen molar-refractivity contribution in [2.45, 2.75) is 101 Å². The van der Waals surface area contributed by atoms with Crippen LogP contribution in [0.4, 0.5) is 35.1 Å². The van der Waals surface area contributed by atoms with Gasteiger partial charge in [0.15, 0.2) is 0 Å². The van der Waals surface area contributed by atoms with Crippen molar-refractivity contribution in [3.8, 4) is 0 Å². The lowest BCUT2D eigenvalue weighted by molar-refractivity contribution is -0.347. The molecule has 36 heavy (non-hydrogen) atoms. The largest absolute Gasteiger partial charge is 0.392 e. The minimum Gasteiger partial charge on any atom is -0.348 e. The molecule has 4 aliphatic rings. The van der Waals surface area contributed by atoms with Crippen LogP contribution in [0.3, 0.4) is 0 Å². The predicted octanol–water partition coefficient (Wildman–Crippen LogP) is 5.41. The van der Waals surface area contributed by atoms with Gasteiger partial charge in [0, 0.05) is 12.1 Å². The molecule has 4 saturated carbocycles. The van der Waals surface area contributed by atoms with Crippen LogP contribution in [0.2, 0.25) is 0 Å². The van der Waals surface area contributed by atoms with Crippen molar-refractivity contribution in [2.75, 3.05) is 0 Å². The fourth-order valence-corrected chi connectivity index (χ4v) is 7.30. The Hall–Kier alpha value is -1.62. The van der Waals surface area contributed by atoms with Gasteiger partial charge in [-0.15, -0.1) is 0 Å². The maximum Gasteiger partial charge on any atom is 0.392 e. The molecule has 0 aromatic carbocycles. The van der Waals surface area contributed by atoms with Crippen LogP contribution in [-0.2, 0) is 9.59 Å². The van der Waals surface area contributed by atoms with Gasteiger partial charge in [-0.05, 0) is 87.9 Å². The van der Waals surface area contributed by atoms with Crippen molar-refractivity contribution in [2.24, 2.45) is 35.5 Å². The number of rotatable bonds is 9. The molecule has 12 heteroatoms. The molecule has 0 saturated heterocycles. The summed E-state index contributed by atoms with van der Waals surface area (Å²) >= 11 is 0. The summed E-state index contributed by atoms with van der Waals surface area (Å²) in [5.41, 5.74) is 0. The van der Waals surface area contributed by atoms with Crippen molar-refractivity contribution in [1.82, 2.24) is 10.6 Å². The molecular formula is C24H32F8N2O2. The molecule has 2 amide bonds. The summed E-state index contributed by atoms with van der Waals surface area (Å²) in [6, 6.07) is -2.07. The van der Waals surface area contributed by atoms with Crippen LogP contribution in [-0.4, -0.2) is 47.6 Å². The van der Waals surface area contributed by atoms with Crippen molar-refractivity contribution in [1.29, 1.82) is 0 Å². The molecule has 8 atom stereocenters. The number of halogens is 8. The van der Waals surface area contributed by atoms with Gasteiger partial charge in [0.2, 0.25) is 0 Å². The van der Waals surface area contributed by atoms with Crippen molar-refractivity contribution < 1.29 is 44.7 Å². The van der Waals surface area contributed by atoms with Crippen LogP contribution < -0.4 is 10.6 Å². The second kappa shape index (κ2) is 8.99. The Morgan fingerprint density at radius 2 is 0.944 bits per heavy atom. The van der Waals surface area contributed by atoms with E-state index in [2.05, 4.69) is 0 Å². The van der Waals surface area contributed by atoms with Gasteiger partial charge in [-0.25, -0.2) is 0 Å². The van der Waals surface area contributed by atoms with Gasteiger partial charge in [0.05, 0.1) is 0 Å². The van der Waals surface area contributed by atoms with E-state index in [1.165, 1.54) is 13.8 Å². The number of amides is 2. The first-order valence-corrected chi connectivity index (χ1v) is 12.6. The molecule has 0 aliphatic heterocycles. The standard InChI is InChI=1S/C24H32F8N2O2/c1-11(17-9-13-3-5-15(17)7-13)33-19(35)21(25,26)23(29,30)24(31,32)22(27,28)20(36)34-12(2)18-10-14-4-6-16(18)8-14/h11-18H,3-10H2,1-2H3,(H,33,35)(H,34,36). The average Bonchev–Trinajstić information content (AvgIpc) is 3.60. The first-order chi connectivity index (χ1) is 16.5. The maximum absolute atomic E-state index is 14.4. The van der Waals surface area contributed by atoms with Gasteiger partial charge in [-0.2, -0.15) is 35.1 Å². The minimum atomic E-state index is -6.84. The summed E-state index contributed by atoms with van der Waals surface area (Å²) in [6.45, 7) is 2.60. The van der Waals surface area contributed by atoms with Crippen molar-refractivity contribution in [3.63, 3.8) is 0 Å². The first kappa shape index (κ1) is 27.4. The Labute approximate surface area is 204 Å². The maximum atomic E-state index is 14.4. The number of nitrogens with one attached hydrogen (secondary N) is 2. The highest BCUT2D eigenvalue weighted by molar-refractivity contribution is 5.87. The molecule has 0 aromatic rings. The lowest BCUT2D eigenvalue weighted by atomic mass is 9.83. The van der Waals surface area contributed by atoms with E-state index >= 15 is 0 Å². The van der Waals surface area contributed by atoms with Crippen molar-refractivity contribution in [3.05, 3.63) is 0 Å². The van der Waals surface area contributed by atoms with Crippen LogP contribution in [0.15, 0.2) is 0 Å². The predicted molar refractivity (Wildman–Crippen MR) is 113 cm³/mol. The van der Waals surface area contributed by atoms with E-state index in [1.807, 2.05) is 0 Å². The van der Waals surface area contributed by atoms with E-state index in [0.717, 1.165) is 38.5 Å². The number of hydrogen-bond acceptors (Lipinski definition) is 2. The highest BCUT2D eigenvalue weighted by Crippen LogP contribution is 2.54. The Morgan fingerprint density at radius 3 is 1.19 bits per heavy atom. The average molecular weight is 533 g/mol. The molecule has 0 spiro atoms. The highest BCUT2D eigenvalue weighted by Gasteiger charge is 2.84. The summed E-state index contributed by atoms with van der Waals surface area (Å²) < 4.78 is 115. The molecular weight excluding hydrogens is 500 g/mol. The van der Waals surface area contributed by atoms with Gasteiger partial charge < -0.3 is 10.6 Å². The molecule has 4 fully saturated rings. The SMILES string of the molecule is CC(NC(=O)C(F)(F)C(F)(F)C(F)(F)C(F)(F)C(=O)NC(C)C1CC2CCC1C2)C1CC2CCC1C2. The molecule has 4 nitrogen and oxygen atoms in total. The Kier molecular flexibility index (Phi) is 6.85. The van der Waals surface area contributed by atoms with E-state index in [9.17, 15) is 44.7 Å². The second-order valence-electron chi connectivity index (χ2n) is 11.5. The lowest BCUT2D eigenvalue weighted by Crippen LogP contribution is -2.70. The number of carbonyl (C=O) groups is 2. The summed E-state index contributed by atoms with van der Waals surface area (Å²) in [5, 5.41) is 3.29. The Morgan fingerprint density at radius 1 is 0.611 bits per heavy atom. The minimum absolute atomic E-state index is 0.0889. The van der Waals surface area contributed by atoms with Crippen LogP contribution in [0, 0.1) is 35.5 Å². The number of fused-ring (bicyclic) bond motifs is 4. The molecule has 4 bridgehead atoms. The topological polar surface area (TPSA) is 58.2 Å². The van der Waals surface area contributed by atoms with E-state index in [1.54, 1.807) is 10.6 Å². The highest BCUT2D eigenvalue weighted by atomic mass is 19.4. The third kappa shape index (κ3) is 4.18. The van der Waals surface area contributed by atoms with Crippen molar-refractivity contribution >= 4 is 11.8 Å². The number of carbonyl (C=O) groups excluding carboxylic acids is 2. The van der Waals surface area contributed by atoms with Crippen LogP contribution in [0.1, 0.15) is 65.2 Å². The Bertz CT molecular complexity index is 812. The molecule has 4 rings (SSSR count). The third-order valence-corrected chi connectivity index (χ3v) is 9.34. The molecule has 0 aromatic heterocycles. The molecule has 206 valence electrons. The van der Waals surface area contributed by atoms with Gasteiger partial charge in [0.25, 0.3) is 11.8 Å². The van der Waals surface area contributed by atoms with Crippen LogP contribution in [0.5, 0.6) is 0 Å². The van der Waals surface area contributed by atoms with E-state index < -0.39 is 47.6 Å². The zero-order valence-corrected chi connectivity index (χ0v) is 20.1. The van der Waals surface area contributed by atoms with Gasteiger partial charge >= 0.3 is 23.7 Å². The molecule has 4 aliphatic carbocycles. The monoisotopic (exact) mass is 532 g/mol. The summed E-state index contributed by atoms with van der Waals surface area (Å²) in [6.07, 6.45) is 6.17. The molecule has 0 heterocycles. The Balaban J connectivity index is 1.44. The van der Waals surface area contributed by atoms with Crippen LogP contribution in [0.25, 0.3) is 0 Å². The fourth-order valence-electron chi connectivity index (χ4n) is 7.30. The number of hydrogen-bond donors (Lipinski definition) is 2. The summed E-state index contributed by atoms with van der Waals surface area (Å²) in [4.78, 5) is 24.1. The zero-order chi connectivity index (χ0) is 26.8. The molecule has 0 radical (unpaired) electrons. The molecule has 2 N–H and O–H groups in total. The first-order valence-electron chi connectivity index (χ1n) is 12.6. The summed E-state index contributed by atoms with van der Waals surface area (Å²) in [5.74, 6) is -31.4. The quantitative estimate of drug-likeness (QED) is 0.391.